The van der Waals surface area contributed by atoms with Gasteiger partial charge in [0.25, 0.3) is 0 Å². The molecule has 0 spiro atoms. The minimum atomic E-state index is 0.241. The van der Waals surface area contributed by atoms with Crippen LogP contribution < -0.4 is 4.74 Å². The van der Waals surface area contributed by atoms with Gasteiger partial charge >= 0.3 is 0 Å². The molecule has 0 bridgehead atoms. The number of nitrogens with zero attached hydrogens (tertiary/aromatic N) is 3. The lowest BCUT2D eigenvalue weighted by Gasteiger charge is -2.22. The van der Waals surface area contributed by atoms with Gasteiger partial charge in [-0.3, -0.25) is 14.7 Å². The highest BCUT2D eigenvalue weighted by atomic mass is 32.2. The average molecular weight is 386 g/mol. The fourth-order valence-electron chi connectivity index (χ4n) is 3.11. The molecule has 0 radical (unpaired) electrons. The summed E-state index contributed by atoms with van der Waals surface area (Å²) in [6, 6.07) is 13.9. The van der Waals surface area contributed by atoms with E-state index in [2.05, 4.69) is 22.0 Å². The van der Waals surface area contributed by atoms with E-state index in [0.717, 1.165) is 50.6 Å². The molecule has 3 rings (SSSR count). The average Bonchev–Trinajstić information content (AvgIpc) is 2.95. The molecule has 0 N–H and O–H groups in total. The van der Waals surface area contributed by atoms with Crippen LogP contribution in [0.2, 0.25) is 0 Å². The van der Waals surface area contributed by atoms with Crippen LogP contribution in [0.4, 0.5) is 0 Å². The molecule has 27 heavy (non-hydrogen) atoms. The minimum absolute atomic E-state index is 0.241. The first-order valence-corrected chi connectivity index (χ1v) is 10.6. The van der Waals surface area contributed by atoms with E-state index < -0.39 is 0 Å². The van der Waals surface area contributed by atoms with Crippen LogP contribution in [-0.2, 0) is 11.3 Å². The molecule has 0 aliphatic carbocycles. The quantitative estimate of drug-likeness (QED) is 0.654. The molecule has 6 heteroatoms. The Morgan fingerprint density at radius 1 is 1.04 bits per heavy atom. The Bertz CT molecular complexity index is 684. The number of amides is 1. The van der Waals surface area contributed by atoms with Crippen LogP contribution in [0.3, 0.4) is 0 Å². The molecule has 1 aliphatic rings. The van der Waals surface area contributed by atoms with E-state index in [1.54, 1.807) is 11.8 Å². The van der Waals surface area contributed by atoms with Crippen molar-refractivity contribution in [2.45, 2.75) is 13.0 Å². The van der Waals surface area contributed by atoms with Gasteiger partial charge < -0.3 is 9.64 Å². The number of aromatic nitrogens is 1. The van der Waals surface area contributed by atoms with Gasteiger partial charge in [-0.05, 0) is 36.2 Å². The Labute approximate surface area is 165 Å². The molecule has 1 fully saturated rings. The summed E-state index contributed by atoms with van der Waals surface area (Å²) >= 11 is 1.65. The van der Waals surface area contributed by atoms with E-state index >= 15 is 0 Å². The van der Waals surface area contributed by atoms with E-state index in [9.17, 15) is 4.79 Å². The molecule has 1 saturated heterocycles. The Hall–Kier alpha value is -2.05. The Kier molecular flexibility index (Phi) is 7.99. The number of para-hydroxylation sites is 1. The number of pyridine rings is 1. The predicted molar refractivity (Wildman–Crippen MR) is 110 cm³/mol. The van der Waals surface area contributed by atoms with E-state index in [4.69, 9.17) is 4.74 Å². The van der Waals surface area contributed by atoms with Gasteiger partial charge in [0.15, 0.2) is 0 Å². The maximum Gasteiger partial charge on any atom is 0.232 e. The van der Waals surface area contributed by atoms with Gasteiger partial charge in [-0.1, -0.05) is 18.2 Å². The molecule has 1 aromatic heterocycles. The Morgan fingerprint density at radius 2 is 1.85 bits per heavy atom. The number of benzene rings is 1. The minimum Gasteiger partial charge on any atom is -0.493 e. The summed E-state index contributed by atoms with van der Waals surface area (Å²) in [6.07, 6.45) is 4.70. The second-order valence-electron chi connectivity index (χ2n) is 6.58. The van der Waals surface area contributed by atoms with Gasteiger partial charge in [-0.2, -0.15) is 0 Å². The zero-order valence-electron chi connectivity index (χ0n) is 15.6. The molecule has 1 aliphatic heterocycles. The van der Waals surface area contributed by atoms with Crippen molar-refractivity contribution >= 4 is 17.7 Å². The highest BCUT2D eigenvalue weighted by Gasteiger charge is 2.19. The highest BCUT2D eigenvalue weighted by molar-refractivity contribution is 7.99. The van der Waals surface area contributed by atoms with Crippen LogP contribution in [0.15, 0.2) is 54.9 Å². The lowest BCUT2D eigenvalue weighted by atomic mass is 10.2. The molecule has 5 nitrogen and oxygen atoms in total. The second kappa shape index (κ2) is 10.9. The SMILES string of the molecule is O=C(CSCCOc1ccccc1)N1CCCN(Cc2ccncc2)CC1. The zero-order valence-corrected chi connectivity index (χ0v) is 16.4. The summed E-state index contributed by atoms with van der Waals surface area (Å²) in [5.41, 5.74) is 1.28. The fraction of sp³-hybridized carbons (Fsp3) is 0.429. The number of carbonyl (C=O) groups excluding carboxylic acids is 1. The van der Waals surface area contributed by atoms with E-state index in [0.29, 0.717) is 12.4 Å². The van der Waals surface area contributed by atoms with Gasteiger partial charge in [-0.25, -0.2) is 0 Å². The first kappa shape index (κ1) is 19.7. The van der Waals surface area contributed by atoms with Crippen LogP contribution in [0.5, 0.6) is 5.75 Å². The number of carbonyl (C=O) groups is 1. The number of ether oxygens (including phenoxy) is 1. The molecule has 2 aromatic rings. The molecule has 0 unspecified atom stereocenters. The maximum atomic E-state index is 12.5. The van der Waals surface area contributed by atoms with Gasteiger partial charge in [0, 0.05) is 50.9 Å². The van der Waals surface area contributed by atoms with E-state index in [1.165, 1.54) is 5.56 Å². The van der Waals surface area contributed by atoms with Crippen molar-refractivity contribution in [3.8, 4) is 5.75 Å². The van der Waals surface area contributed by atoms with Crippen LogP contribution in [-0.4, -0.2) is 65.0 Å². The van der Waals surface area contributed by atoms with Crippen LogP contribution >= 0.6 is 11.8 Å². The first-order chi connectivity index (χ1) is 13.3. The molecule has 2 heterocycles. The third kappa shape index (κ3) is 6.88. The van der Waals surface area contributed by atoms with Crippen molar-refractivity contribution in [1.29, 1.82) is 0 Å². The van der Waals surface area contributed by atoms with Crippen LogP contribution in [0.1, 0.15) is 12.0 Å². The number of hydrogen-bond donors (Lipinski definition) is 0. The monoisotopic (exact) mass is 385 g/mol. The number of rotatable bonds is 8. The summed E-state index contributed by atoms with van der Waals surface area (Å²) in [6.45, 7) is 5.18. The van der Waals surface area contributed by atoms with Crippen molar-refractivity contribution in [3.63, 3.8) is 0 Å². The topological polar surface area (TPSA) is 45.7 Å². The number of thioether (sulfide) groups is 1. The third-order valence-electron chi connectivity index (χ3n) is 4.56. The smallest absolute Gasteiger partial charge is 0.232 e. The molecular formula is C21H27N3O2S. The van der Waals surface area contributed by atoms with Crippen LogP contribution in [0, 0.1) is 0 Å². The fourth-order valence-corrected chi connectivity index (χ4v) is 3.81. The second-order valence-corrected chi connectivity index (χ2v) is 7.69. The maximum absolute atomic E-state index is 12.5. The normalized spacial score (nSPS) is 15.3. The standard InChI is InChI=1S/C21H27N3O2S/c25-21(18-27-16-15-26-20-5-2-1-3-6-20)24-12-4-11-23(13-14-24)17-19-7-9-22-10-8-19/h1-3,5-10H,4,11-18H2. The Morgan fingerprint density at radius 3 is 2.67 bits per heavy atom. The molecular weight excluding hydrogens is 358 g/mol. The highest BCUT2D eigenvalue weighted by Crippen LogP contribution is 2.12. The first-order valence-electron chi connectivity index (χ1n) is 9.46. The molecule has 0 atom stereocenters. The summed E-state index contributed by atoms with van der Waals surface area (Å²) in [7, 11) is 0. The lowest BCUT2D eigenvalue weighted by Crippen LogP contribution is -2.36. The molecule has 144 valence electrons. The largest absolute Gasteiger partial charge is 0.493 e. The lowest BCUT2D eigenvalue weighted by molar-refractivity contribution is -0.128. The van der Waals surface area contributed by atoms with Gasteiger partial charge in [0.1, 0.15) is 5.75 Å². The van der Waals surface area contributed by atoms with E-state index in [-0.39, 0.29) is 5.91 Å². The van der Waals surface area contributed by atoms with Crippen molar-refractivity contribution in [1.82, 2.24) is 14.8 Å². The summed E-state index contributed by atoms with van der Waals surface area (Å²) in [5, 5.41) is 0. The van der Waals surface area contributed by atoms with Gasteiger partial charge in [-0.15, -0.1) is 11.8 Å². The van der Waals surface area contributed by atoms with Crippen LogP contribution in [0.25, 0.3) is 0 Å². The molecule has 0 saturated carbocycles. The summed E-state index contributed by atoms with van der Waals surface area (Å²) in [4.78, 5) is 21.0. The summed E-state index contributed by atoms with van der Waals surface area (Å²) < 4.78 is 5.67. The summed E-state index contributed by atoms with van der Waals surface area (Å²) in [5.74, 6) is 2.47. The van der Waals surface area contributed by atoms with Crippen molar-refractivity contribution in [2.24, 2.45) is 0 Å². The van der Waals surface area contributed by atoms with Crippen molar-refractivity contribution < 1.29 is 9.53 Å². The number of hydrogen-bond acceptors (Lipinski definition) is 5. The molecule has 1 amide bonds. The third-order valence-corrected chi connectivity index (χ3v) is 5.47. The van der Waals surface area contributed by atoms with Gasteiger partial charge in [0.2, 0.25) is 5.91 Å². The molecule has 1 aromatic carbocycles. The van der Waals surface area contributed by atoms with Gasteiger partial charge in [0.05, 0.1) is 12.4 Å². The van der Waals surface area contributed by atoms with Crippen molar-refractivity contribution in [3.05, 3.63) is 60.4 Å². The van der Waals surface area contributed by atoms with Crippen molar-refractivity contribution in [2.75, 3.05) is 44.3 Å². The Balaban J connectivity index is 1.33. The zero-order chi connectivity index (χ0) is 18.7. The predicted octanol–water partition coefficient (Wildman–Crippen LogP) is 2.93. The van der Waals surface area contributed by atoms with E-state index in [1.807, 2.05) is 47.6 Å².